The third kappa shape index (κ3) is 1.60. The Morgan fingerprint density at radius 3 is 2.30 bits per heavy atom. The first kappa shape index (κ1) is 7.80. The maximum absolute atomic E-state index is 9.49. The smallest absolute Gasteiger partial charge is 0.0608 e. The van der Waals surface area contributed by atoms with Crippen LogP contribution < -0.4 is 0 Å². The summed E-state index contributed by atoms with van der Waals surface area (Å²) in [5, 5.41) is 9.49. The third-order valence-corrected chi connectivity index (χ3v) is 2.30. The van der Waals surface area contributed by atoms with Crippen molar-refractivity contribution in [3.8, 4) is 0 Å². The summed E-state index contributed by atoms with van der Waals surface area (Å²) in [5.74, 6) is 1.10. The van der Waals surface area contributed by atoms with Gasteiger partial charge >= 0.3 is 0 Å². The van der Waals surface area contributed by atoms with Gasteiger partial charge in [-0.05, 0) is 24.7 Å². The highest BCUT2D eigenvalue weighted by atomic mass is 16.3. The molecule has 0 fully saturated rings. The summed E-state index contributed by atoms with van der Waals surface area (Å²) < 4.78 is 0. The van der Waals surface area contributed by atoms with Gasteiger partial charge in [0.25, 0.3) is 0 Å². The van der Waals surface area contributed by atoms with Crippen molar-refractivity contribution in [1.29, 1.82) is 0 Å². The second-order valence-electron chi connectivity index (χ2n) is 3.42. The zero-order valence-electron chi connectivity index (χ0n) is 6.75. The lowest BCUT2D eigenvalue weighted by atomic mass is 9.83. The molecule has 1 heteroatoms. The van der Waals surface area contributed by atoms with Crippen LogP contribution in [0.3, 0.4) is 0 Å². The van der Waals surface area contributed by atoms with Gasteiger partial charge < -0.3 is 5.11 Å². The van der Waals surface area contributed by atoms with E-state index >= 15 is 0 Å². The molecule has 0 saturated heterocycles. The quantitative estimate of drug-likeness (QED) is 0.552. The number of aliphatic hydroxyl groups is 1. The minimum atomic E-state index is -0.0926. The van der Waals surface area contributed by atoms with E-state index in [1.807, 2.05) is 0 Å². The van der Waals surface area contributed by atoms with Crippen LogP contribution in [0.15, 0.2) is 12.2 Å². The minimum absolute atomic E-state index is 0.0926. The lowest BCUT2D eigenvalue weighted by Gasteiger charge is -2.27. The van der Waals surface area contributed by atoms with Gasteiger partial charge in [0.2, 0.25) is 0 Å². The molecule has 0 radical (unpaired) electrons. The van der Waals surface area contributed by atoms with Crippen LogP contribution in [0.1, 0.15) is 26.7 Å². The standard InChI is InChI=1S/C9H16O/c1-7(2)8-5-3-4-6-9(8)10/h3-4,7-10H,5-6H2,1-2H3/t8-,9-/m0/s1. The highest BCUT2D eigenvalue weighted by Gasteiger charge is 2.22. The molecule has 0 unspecified atom stereocenters. The SMILES string of the molecule is CC(C)[C@@H]1CC=CC[C@@H]1O. The molecular weight excluding hydrogens is 124 g/mol. The molecule has 1 aliphatic rings. The molecule has 1 aliphatic carbocycles. The highest BCUT2D eigenvalue weighted by molar-refractivity contribution is 4.95. The average Bonchev–Trinajstić information content (AvgIpc) is 1.88. The van der Waals surface area contributed by atoms with Crippen LogP contribution >= 0.6 is 0 Å². The molecule has 0 bridgehead atoms. The maximum Gasteiger partial charge on any atom is 0.0608 e. The summed E-state index contributed by atoms with van der Waals surface area (Å²) in [6, 6.07) is 0. The van der Waals surface area contributed by atoms with Crippen molar-refractivity contribution >= 4 is 0 Å². The fraction of sp³-hybridized carbons (Fsp3) is 0.778. The Balaban J connectivity index is 2.51. The number of aliphatic hydroxyl groups excluding tert-OH is 1. The topological polar surface area (TPSA) is 20.2 Å². The largest absolute Gasteiger partial charge is 0.392 e. The summed E-state index contributed by atoms with van der Waals surface area (Å²) in [5.41, 5.74) is 0. The van der Waals surface area contributed by atoms with E-state index in [9.17, 15) is 5.11 Å². The fourth-order valence-electron chi connectivity index (χ4n) is 1.54. The molecule has 0 aromatic heterocycles. The molecule has 0 aromatic rings. The van der Waals surface area contributed by atoms with E-state index in [1.54, 1.807) is 0 Å². The molecular formula is C9H16O. The first-order valence-corrected chi connectivity index (χ1v) is 4.05. The molecule has 0 heterocycles. The van der Waals surface area contributed by atoms with Crippen LogP contribution in [0.25, 0.3) is 0 Å². The second-order valence-corrected chi connectivity index (χ2v) is 3.42. The monoisotopic (exact) mass is 140 g/mol. The van der Waals surface area contributed by atoms with E-state index in [4.69, 9.17) is 0 Å². The zero-order valence-corrected chi connectivity index (χ0v) is 6.75. The van der Waals surface area contributed by atoms with E-state index in [2.05, 4.69) is 26.0 Å². The lowest BCUT2D eigenvalue weighted by Crippen LogP contribution is -2.26. The van der Waals surface area contributed by atoms with Crippen molar-refractivity contribution in [2.24, 2.45) is 11.8 Å². The Labute approximate surface area is 62.8 Å². The fourth-order valence-corrected chi connectivity index (χ4v) is 1.54. The van der Waals surface area contributed by atoms with Gasteiger partial charge in [-0.3, -0.25) is 0 Å². The van der Waals surface area contributed by atoms with Crippen molar-refractivity contribution in [3.05, 3.63) is 12.2 Å². The molecule has 0 saturated carbocycles. The summed E-state index contributed by atoms with van der Waals surface area (Å²) in [4.78, 5) is 0. The summed E-state index contributed by atoms with van der Waals surface area (Å²) >= 11 is 0. The van der Waals surface area contributed by atoms with Gasteiger partial charge in [0.05, 0.1) is 6.10 Å². The van der Waals surface area contributed by atoms with Gasteiger partial charge in [0.15, 0.2) is 0 Å². The van der Waals surface area contributed by atoms with E-state index < -0.39 is 0 Å². The predicted octanol–water partition coefficient (Wildman–Crippen LogP) is 1.97. The van der Waals surface area contributed by atoms with Gasteiger partial charge in [0.1, 0.15) is 0 Å². The Morgan fingerprint density at radius 2 is 1.90 bits per heavy atom. The van der Waals surface area contributed by atoms with Crippen LogP contribution in [0.5, 0.6) is 0 Å². The first-order valence-electron chi connectivity index (χ1n) is 4.05. The molecule has 2 atom stereocenters. The van der Waals surface area contributed by atoms with Crippen molar-refractivity contribution in [2.75, 3.05) is 0 Å². The van der Waals surface area contributed by atoms with Crippen LogP contribution in [0.2, 0.25) is 0 Å². The molecule has 10 heavy (non-hydrogen) atoms. The van der Waals surface area contributed by atoms with Crippen molar-refractivity contribution in [2.45, 2.75) is 32.8 Å². The van der Waals surface area contributed by atoms with Crippen LogP contribution in [-0.4, -0.2) is 11.2 Å². The average molecular weight is 140 g/mol. The van der Waals surface area contributed by atoms with E-state index in [1.165, 1.54) is 0 Å². The molecule has 1 nitrogen and oxygen atoms in total. The maximum atomic E-state index is 9.49. The highest BCUT2D eigenvalue weighted by Crippen LogP contribution is 2.25. The lowest BCUT2D eigenvalue weighted by molar-refractivity contribution is 0.0800. The second kappa shape index (κ2) is 3.20. The summed E-state index contributed by atoms with van der Waals surface area (Å²) in [6.45, 7) is 4.35. The van der Waals surface area contributed by atoms with Crippen LogP contribution in [0.4, 0.5) is 0 Å². The summed E-state index contributed by atoms with van der Waals surface area (Å²) in [6.07, 6.45) is 6.06. The van der Waals surface area contributed by atoms with E-state index in [-0.39, 0.29) is 6.10 Å². The predicted molar refractivity (Wildman–Crippen MR) is 42.7 cm³/mol. The minimum Gasteiger partial charge on any atom is -0.392 e. The van der Waals surface area contributed by atoms with Crippen molar-refractivity contribution in [3.63, 3.8) is 0 Å². The van der Waals surface area contributed by atoms with Crippen molar-refractivity contribution < 1.29 is 5.11 Å². The van der Waals surface area contributed by atoms with E-state index in [0.29, 0.717) is 11.8 Å². The number of hydrogen-bond donors (Lipinski definition) is 1. The summed E-state index contributed by atoms with van der Waals surface area (Å²) in [7, 11) is 0. The molecule has 58 valence electrons. The molecule has 1 rings (SSSR count). The van der Waals surface area contributed by atoms with Gasteiger partial charge in [-0.1, -0.05) is 26.0 Å². The molecule has 0 aliphatic heterocycles. The molecule has 0 amide bonds. The normalized spacial score (nSPS) is 33.2. The Hall–Kier alpha value is -0.300. The molecule has 0 spiro atoms. The Bertz CT molecular complexity index is 127. The van der Waals surface area contributed by atoms with Crippen LogP contribution in [-0.2, 0) is 0 Å². The number of allylic oxidation sites excluding steroid dienone is 1. The molecule has 0 aromatic carbocycles. The van der Waals surface area contributed by atoms with Gasteiger partial charge in [-0.2, -0.15) is 0 Å². The van der Waals surface area contributed by atoms with E-state index in [0.717, 1.165) is 12.8 Å². The molecule has 1 N–H and O–H groups in total. The van der Waals surface area contributed by atoms with Gasteiger partial charge in [0, 0.05) is 0 Å². The third-order valence-electron chi connectivity index (χ3n) is 2.30. The number of hydrogen-bond acceptors (Lipinski definition) is 1. The Morgan fingerprint density at radius 1 is 1.30 bits per heavy atom. The van der Waals surface area contributed by atoms with Crippen LogP contribution in [0, 0.1) is 11.8 Å². The van der Waals surface area contributed by atoms with Gasteiger partial charge in [-0.15, -0.1) is 0 Å². The number of rotatable bonds is 1. The first-order chi connectivity index (χ1) is 4.72. The van der Waals surface area contributed by atoms with Crippen molar-refractivity contribution in [1.82, 2.24) is 0 Å². The zero-order chi connectivity index (χ0) is 7.56. The Kier molecular flexibility index (Phi) is 2.50. The van der Waals surface area contributed by atoms with Gasteiger partial charge in [-0.25, -0.2) is 0 Å².